The molecule has 102 valence electrons. The van der Waals surface area contributed by atoms with Crippen molar-refractivity contribution in [1.82, 2.24) is 4.90 Å². The summed E-state index contributed by atoms with van der Waals surface area (Å²) in [6.45, 7) is 4.02. The van der Waals surface area contributed by atoms with Gasteiger partial charge >= 0.3 is 0 Å². The van der Waals surface area contributed by atoms with Gasteiger partial charge in [-0.05, 0) is 12.0 Å². The molecule has 1 atom stereocenters. The number of rotatable bonds is 4. The third-order valence-electron chi connectivity index (χ3n) is 3.61. The Balaban J connectivity index is 1.96. The lowest BCUT2D eigenvalue weighted by Crippen LogP contribution is -2.35. The first kappa shape index (κ1) is 13.7. The van der Waals surface area contributed by atoms with E-state index in [1.807, 2.05) is 44.2 Å². The van der Waals surface area contributed by atoms with Gasteiger partial charge in [0.05, 0.1) is 5.41 Å². The van der Waals surface area contributed by atoms with E-state index >= 15 is 0 Å². The Kier molecular flexibility index (Phi) is 3.71. The van der Waals surface area contributed by atoms with E-state index in [9.17, 15) is 9.59 Å². The van der Waals surface area contributed by atoms with Gasteiger partial charge in [-0.1, -0.05) is 44.2 Å². The molecule has 0 spiro atoms. The summed E-state index contributed by atoms with van der Waals surface area (Å²) in [5, 5.41) is 0. The van der Waals surface area contributed by atoms with Crippen LogP contribution < -0.4 is 5.73 Å². The van der Waals surface area contributed by atoms with Crippen molar-refractivity contribution in [3.63, 3.8) is 0 Å². The summed E-state index contributed by atoms with van der Waals surface area (Å²) in [6, 6.07) is 9.58. The Labute approximate surface area is 113 Å². The van der Waals surface area contributed by atoms with Gasteiger partial charge in [-0.15, -0.1) is 0 Å². The molecule has 2 N–H and O–H groups in total. The Hall–Kier alpha value is -1.68. The van der Waals surface area contributed by atoms with Crippen molar-refractivity contribution in [2.24, 2.45) is 11.1 Å². The van der Waals surface area contributed by atoms with Crippen LogP contribution >= 0.6 is 0 Å². The lowest BCUT2D eigenvalue weighted by molar-refractivity contribution is -0.140. The molecule has 0 aliphatic carbocycles. The van der Waals surface area contributed by atoms with Gasteiger partial charge in [0, 0.05) is 19.0 Å². The lowest BCUT2D eigenvalue weighted by Gasteiger charge is -2.20. The van der Waals surface area contributed by atoms with Crippen molar-refractivity contribution in [2.45, 2.75) is 32.7 Å². The second-order valence-electron chi connectivity index (χ2n) is 5.72. The van der Waals surface area contributed by atoms with Crippen molar-refractivity contribution in [3.8, 4) is 0 Å². The summed E-state index contributed by atoms with van der Waals surface area (Å²) in [6.07, 6.45) is 0.893. The SMILES string of the molecule is CC1(C)CC(=O)N(CCC(N)c2ccccc2)C1=O. The van der Waals surface area contributed by atoms with Crippen molar-refractivity contribution >= 4 is 11.8 Å². The highest BCUT2D eigenvalue weighted by atomic mass is 16.2. The van der Waals surface area contributed by atoms with Gasteiger partial charge in [-0.25, -0.2) is 0 Å². The molecule has 19 heavy (non-hydrogen) atoms. The topological polar surface area (TPSA) is 63.4 Å². The van der Waals surface area contributed by atoms with Gasteiger partial charge in [-0.3, -0.25) is 14.5 Å². The van der Waals surface area contributed by atoms with E-state index in [0.717, 1.165) is 5.56 Å². The molecule has 2 rings (SSSR count). The third kappa shape index (κ3) is 2.84. The minimum Gasteiger partial charge on any atom is -0.324 e. The Morgan fingerprint density at radius 2 is 1.89 bits per heavy atom. The molecule has 1 unspecified atom stereocenters. The van der Waals surface area contributed by atoms with Gasteiger partial charge in [0.25, 0.3) is 0 Å². The summed E-state index contributed by atoms with van der Waals surface area (Å²) in [4.78, 5) is 25.2. The number of amides is 2. The van der Waals surface area contributed by atoms with Crippen LogP contribution in [0.15, 0.2) is 30.3 Å². The van der Waals surface area contributed by atoms with E-state index in [0.29, 0.717) is 19.4 Å². The fourth-order valence-corrected chi connectivity index (χ4v) is 2.39. The molecule has 0 aromatic heterocycles. The van der Waals surface area contributed by atoms with Crippen molar-refractivity contribution in [1.29, 1.82) is 0 Å². The van der Waals surface area contributed by atoms with Crippen LogP contribution in [0.3, 0.4) is 0 Å². The fourth-order valence-electron chi connectivity index (χ4n) is 2.39. The highest BCUT2D eigenvalue weighted by molar-refractivity contribution is 6.05. The normalized spacial score (nSPS) is 19.8. The number of carbonyl (C=O) groups is 2. The number of imide groups is 1. The molecule has 1 aromatic carbocycles. The van der Waals surface area contributed by atoms with Gasteiger partial charge < -0.3 is 5.73 Å². The van der Waals surface area contributed by atoms with Crippen molar-refractivity contribution < 1.29 is 9.59 Å². The third-order valence-corrected chi connectivity index (χ3v) is 3.61. The summed E-state index contributed by atoms with van der Waals surface area (Å²) < 4.78 is 0. The molecule has 2 amide bonds. The number of likely N-dealkylation sites (tertiary alicyclic amines) is 1. The minimum absolute atomic E-state index is 0.0854. The minimum atomic E-state index is -0.562. The molecule has 4 nitrogen and oxygen atoms in total. The molecule has 1 heterocycles. The molecule has 1 aromatic rings. The number of nitrogens with zero attached hydrogens (tertiary/aromatic N) is 1. The highest BCUT2D eigenvalue weighted by Crippen LogP contribution is 2.32. The highest BCUT2D eigenvalue weighted by Gasteiger charge is 2.44. The number of hydrogen-bond donors (Lipinski definition) is 1. The largest absolute Gasteiger partial charge is 0.324 e. The second-order valence-corrected chi connectivity index (χ2v) is 5.72. The lowest BCUT2D eigenvalue weighted by atomic mass is 9.92. The molecule has 0 radical (unpaired) electrons. The second kappa shape index (κ2) is 5.13. The Bertz CT molecular complexity index is 482. The molecule has 1 fully saturated rings. The van der Waals surface area contributed by atoms with Crippen LogP contribution in [0.5, 0.6) is 0 Å². The van der Waals surface area contributed by atoms with Crippen LogP contribution in [0.2, 0.25) is 0 Å². The summed E-state index contributed by atoms with van der Waals surface area (Å²) >= 11 is 0. The van der Waals surface area contributed by atoms with Crippen LogP contribution in [-0.2, 0) is 9.59 Å². The van der Waals surface area contributed by atoms with Crippen LogP contribution in [0.4, 0.5) is 0 Å². The molecule has 1 aliphatic heterocycles. The molecule has 0 saturated carbocycles. The van der Waals surface area contributed by atoms with E-state index in [2.05, 4.69) is 0 Å². The zero-order chi connectivity index (χ0) is 14.0. The van der Waals surface area contributed by atoms with Crippen LogP contribution in [0, 0.1) is 5.41 Å². The van der Waals surface area contributed by atoms with Gasteiger partial charge in [0.15, 0.2) is 0 Å². The first-order chi connectivity index (χ1) is 8.92. The van der Waals surface area contributed by atoms with E-state index in [1.54, 1.807) is 0 Å². The monoisotopic (exact) mass is 260 g/mol. The first-order valence-electron chi connectivity index (χ1n) is 6.57. The van der Waals surface area contributed by atoms with E-state index in [1.165, 1.54) is 4.90 Å². The van der Waals surface area contributed by atoms with E-state index < -0.39 is 5.41 Å². The van der Waals surface area contributed by atoms with Crippen LogP contribution in [0.25, 0.3) is 0 Å². The summed E-state index contributed by atoms with van der Waals surface area (Å²) in [5.74, 6) is -0.173. The molecular formula is C15H20N2O2. The van der Waals surface area contributed by atoms with Gasteiger partial charge in [-0.2, -0.15) is 0 Å². The Morgan fingerprint density at radius 3 is 2.42 bits per heavy atom. The summed E-state index contributed by atoms with van der Waals surface area (Å²) in [5.41, 5.74) is 6.55. The number of hydrogen-bond acceptors (Lipinski definition) is 3. The number of carbonyl (C=O) groups excluding carboxylic acids is 2. The molecule has 1 aliphatic rings. The van der Waals surface area contributed by atoms with E-state index in [-0.39, 0.29) is 17.9 Å². The van der Waals surface area contributed by atoms with Crippen LogP contribution in [0.1, 0.15) is 38.3 Å². The van der Waals surface area contributed by atoms with Crippen molar-refractivity contribution in [2.75, 3.05) is 6.54 Å². The van der Waals surface area contributed by atoms with Gasteiger partial charge in [0.2, 0.25) is 11.8 Å². The van der Waals surface area contributed by atoms with E-state index in [4.69, 9.17) is 5.73 Å². The predicted molar refractivity (Wildman–Crippen MR) is 73.1 cm³/mol. The quantitative estimate of drug-likeness (QED) is 0.840. The maximum absolute atomic E-state index is 12.1. The van der Waals surface area contributed by atoms with Crippen LogP contribution in [-0.4, -0.2) is 23.3 Å². The molecule has 0 bridgehead atoms. The summed E-state index contributed by atoms with van der Waals surface area (Å²) in [7, 11) is 0. The zero-order valence-corrected chi connectivity index (χ0v) is 11.4. The standard InChI is InChI=1S/C15H20N2O2/c1-15(2)10-13(18)17(14(15)19)9-8-12(16)11-6-4-3-5-7-11/h3-7,12H,8-10,16H2,1-2H3. The average Bonchev–Trinajstić information content (AvgIpc) is 2.57. The predicted octanol–water partition coefficient (Wildman–Crippen LogP) is 1.86. The zero-order valence-electron chi connectivity index (χ0n) is 11.4. The number of benzene rings is 1. The molecular weight excluding hydrogens is 240 g/mol. The first-order valence-corrected chi connectivity index (χ1v) is 6.57. The molecule has 1 saturated heterocycles. The maximum Gasteiger partial charge on any atom is 0.235 e. The van der Waals surface area contributed by atoms with Gasteiger partial charge in [0.1, 0.15) is 0 Å². The fraction of sp³-hybridized carbons (Fsp3) is 0.467. The average molecular weight is 260 g/mol. The smallest absolute Gasteiger partial charge is 0.235 e. The molecule has 4 heteroatoms. The van der Waals surface area contributed by atoms with Crippen molar-refractivity contribution in [3.05, 3.63) is 35.9 Å². The number of nitrogens with two attached hydrogens (primary N) is 1. The Morgan fingerprint density at radius 1 is 1.26 bits per heavy atom. The maximum atomic E-state index is 12.1.